The Balaban J connectivity index is 1.62. The summed E-state index contributed by atoms with van der Waals surface area (Å²) in [4.78, 5) is 21.4. The van der Waals surface area contributed by atoms with Gasteiger partial charge in [0, 0.05) is 44.1 Å². The van der Waals surface area contributed by atoms with Crippen LogP contribution in [0.4, 0.5) is 5.82 Å². The van der Waals surface area contributed by atoms with Gasteiger partial charge in [-0.3, -0.25) is 4.79 Å². The van der Waals surface area contributed by atoms with Crippen LogP contribution < -0.4 is 9.64 Å². The zero-order chi connectivity index (χ0) is 18.3. The molecule has 2 fully saturated rings. The van der Waals surface area contributed by atoms with Gasteiger partial charge in [-0.1, -0.05) is 18.2 Å². The molecule has 3 heterocycles. The Hall–Kier alpha value is -2.56. The molecular weight excluding hydrogens is 326 g/mol. The number of rotatable bonds is 3. The molecule has 0 N–H and O–H groups in total. The second-order valence-electron chi connectivity index (χ2n) is 7.36. The van der Waals surface area contributed by atoms with Crippen LogP contribution in [0.2, 0.25) is 0 Å². The van der Waals surface area contributed by atoms with Gasteiger partial charge in [0.05, 0.1) is 13.2 Å². The van der Waals surface area contributed by atoms with Crippen molar-refractivity contribution in [2.24, 2.45) is 11.8 Å². The van der Waals surface area contributed by atoms with Crippen molar-refractivity contribution >= 4 is 11.7 Å². The molecule has 26 heavy (non-hydrogen) atoms. The van der Waals surface area contributed by atoms with Crippen molar-refractivity contribution in [1.82, 2.24) is 9.88 Å². The van der Waals surface area contributed by atoms with E-state index in [1.165, 1.54) is 5.56 Å². The van der Waals surface area contributed by atoms with Gasteiger partial charge in [0.1, 0.15) is 11.6 Å². The highest BCUT2D eigenvalue weighted by atomic mass is 16.5. The van der Waals surface area contributed by atoms with Crippen LogP contribution in [0.1, 0.15) is 24.2 Å². The van der Waals surface area contributed by atoms with Crippen molar-refractivity contribution in [3.63, 3.8) is 0 Å². The van der Waals surface area contributed by atoms with Gasteiger partial charge in [0.2, 0.25) is 5.91 Å². The van der Waals surface area contributed by atoms with E-state index >= 15 is 0 Å². The number of hydrogen-bond donors (Lipinski definition) is 0. The minimum atomic E-state index is 0.123. The Morgan fingerprint density at radius 3 is 2.54 bits per heavy atom. The summed E-state index contributed by atoms with van der Waals surface area (Å²) < 4.78 is 5.28. The van der Waals surface area contributed by atoms with E-state index in [4.69, 9.17) is 4.74 Å². The summed E-state index contributed by atoms with van der Waals surface area (Å²) in [5.41, 5.74) is 2.23. The minimum Gasteiger partial charge on any atom is -0.497 e. The number of methoxy groups -OCH3 is 1. The Morgan fingerprint density at radius 2 is 1.88 bits per heavy atom. The number of hydrogen-bond acceptors (Lipinski definition) is 4. The number of aromatic nitrogens is 1. The third-order valence-electron chi connectivity index (χ3n) is 5.72. The van der Waals surface area contributed by atoms with E-state index in [2.05, 4.69) is 34.1 Å². The summed E-state index contributed by atoms with van der Waals surface area (Å²) in [6.07, 6.45) is 0. The molecule has 0 unspecified atom stereocenters. The second kappa shape index (κ2) is 6.63. The fourth-order valence-corrected chi connectivity index (χ4v) is 4.49. The predicted octanol–water partition coefficient (Wildman–Crippen LogP) is 3.05. The average Bonchev–Trinajstić information content (AvgIpc) is 3.20. The van der Waals surface area contributed by atoms with Crippen LogP contribution in [-0.4, -0.2) is 42.5 Å². The standard InChI is InChI=1S/C21H25N3O2/c1-14-5-4-6-20(22-14)23-11-17-12-24(15(2)25)21(19(17)13-23)16-7-9-18(26-3)10-8-16/h4-10,17,19,21H,11-13H2,1-3H3/t17-,19-,21+/m1/s1. The molecule has 0 spiro atoms. The topological polar surface area (TPSA) is 45.7 Å². The van der Waals surface area contributed by atoms with Gasteiger partial charge < -0.3 is 14.5 Å². The number of pyridine rings is 1. The highest BCUT2D eigenvalue weighted by molar-refractivity contribution is 5.74. The molecule has 0 aliphatic carbocycles. The number of ether oxygens (including phenoxy) is 1. The molecule has 2 saturated heterocycles. The molecule has 0 saturated carbocycles. The van der Waals surface area contributed by atoms with Gasteiger partial charge in [-0.05, 0) is 36.8 Å². The normalized spacial score (nSPS) is 24.7. The van der Waals surface area contributed by atoms with Crippen molar-refractivity contribution < 1.29 is 9.53 Å². The molecule has 1 aromatic carbocycles. The SMILES string of the molecule is COc1ccc([C@H]2[C@@H]3CN(c4cccc(C)n4)C[C@@H]3CN2C(C)=O)cc1. The number of likely N-dealkylation sites (tertiary alicyclic amines) is 1. The van der Waals surface area contributed by atoms with Gasteiger partial charge in [0.25, 0.3) is 0 Å². The van der Waals surface area contributed by atoms with Gasteiger partial charge in [-0.15, -0.1) is 0 Å². The van der Waals surface area contributed by atoms with E-state index in [0.29, 0.717) is 11.8 Å². The van der Waals surface area contributed by atoms with E-state index in [0.717, 1.165) is 36.9 Å². The molecule has 5 heteroatoms. The van der Waals surface area contributed by atoms with Crippen molar-refractivity contribution in [3.8, 4) is 5.75 Å². The largest absolute Gasteiger partial charge is 0.497 e. The number of nitrogens with zero attached hydrogens (tertiary/aromatic N) is 3. The number of amides is 1. The van der Waals surface area contributed by atoms with E-state index in [1.54, 1.807) is 14.0 Å². The lowest BCUT2D eigenvalue weighted by Crippen LogP contribution is -2.34. The molecule has 1 aromatic heterocycles. The first-order valence-electron chi connectivity index (χ1n) is 9.16. The Morgan fingerprint density at radius 1 is 1.12 bits per heavy atom. The lowest BCUT2D eigenvalue weighted by Gasteiger charge is -2.29. The van der Waals surface area contributed by atoms with Crippen LogP contribution in [0.15, 0.2) is 42.5 Å². The van der Waals surface area contributed by atoms with E-state index in [1.807, 2.05) is 30.0 Å². The molecule has 1 amide bonds. The molecule has 136 valence electrons. The first kappa shape index (κ1) is 16.9. The summed E-state index contributed by atoms with van der Waals surface area (Å²) in [7, 11) is 1.67. The number of benzene rings is 1. The fourth-order valence-electron chi connectivity index (χ4n) is 4.49. The second-order valence-corrected chi connectivity index (χ2v) is 7.36. The molecule has 4 rings (SSSR count). The van der Waals surface area contributed by atoms with Crippen LogP contribution in [0.25, 0.3) is 0 Å². The van der Waals surface area contributed by atoms with E-state index in [9.17, 15) is 4.79 Å². The van der Waals surface area contributed by atoms with Crippen molar-refractivity contribution in [1.29, 1.82) is 0 Å². The fraction of sp³-hybridized carbons (Fsp3) is 0.429. The lowest BCUT2D eigenvalue weighted by atomic mass is 9.89. The number of anilines is 1. The van der Waals surface area contributed by atoms with Crippen molar-refractivity contribution in [3.05, 3.63) is 53.7 Å². The molecule has 3 atom stereocenters. The molecule has 5 nitrogen and oxygen atoms in total. The Kier molecular flexibility index (Phi) is 4.31. The zero-order valence-corrected chi connectivity index (χ0v) is 15.6. The van der Waals surface area contributed by atoms with Crippen molar-refractivity contribution in [2.45, 2.75) is 19.9 Å². The van der Waals surface area contributed by atoms with Crippen LogP contribution in [0.3, 0.4) is 0 Å². The zero-order valence-electron chi connectivity index (χ0n) is 15.6. The summed E-state index contributed by atoms with van der Waals surface area (Å²) in [6.45, 7) is 6.41. The molecule has 2 aliphatic heterocycles. The van der Waals surface area contributed by atoms with Gasteiger partial charge in [-0.2, -0.15) is 0 Å². The maximum Gasteiger partial charge on any atom is 0.219 e. The minimum absolute atomic E-state index is 0.123. The summed E-state index contributed by atoms with van der Waals surface area (Å²) >= 11 is 0. The van der Waals surface area contributed by atoms with Gasteiger partial charge in [0.15, 0.2) is 0 Å². The number of carbonyl (C=O) groups excluding carboxylic acids is 1. The quantitative estimate of drug-likeness (QED) is 0.853. The first-order valence-corrected chi connectivity index (χ1v) is 9.16. The maximum atomic E-state index is 12.3. The summed E-state index contributed by atoms with van der Waals surface area (Å²) in [5, 5.41) is 0. The molecule has 0 radical (unpaired) electrons. The van der Waals surface area contributed by atoms with Gasteiger partial charge >= 0.3 is 0 Å². The summed E-state index contributed by atoms with van der Waals surface area (Å²) in [6, 6.07) is 14.4. The Labute approximate surface area is 154 Å². The third kappa shape index (κ3) is 2.91. The monoisotopic (exact) mass is 351 g/mol. The lowest BCUT2D eigenvalue weighted by molar-refractivity contribution is -0.130. The average molecular weight is 351 g/mol. The smallest absolute Gasteiger partial charge is 0.219 e. The highest BCUT2D eigenvalue weighted by Crippen LogP contribution is 2.45. The van der Waals surface area contributed by atoms with Crippen LogP contribution in [0, 0.1) is 18.8 Å². The first-order chi connectivity index (χ1) is 12.6. The number of fused-ring (bicyclic) bond motifs is 1. The molecule has 2 aliphatic rings. The van der Waals surface area contributed by atoms with Crippen LogP contribution in [0.5, 0.6) is 5.75 Å². The number of aryl methyl sites for hydroxylation is 1. The van der Waals surface area contributed by atoms with Crippen LogP contribution >= 0.6 is 0 Å². The highest BCUT2D eigenvalue weighted by Gasteiger charge is 2.48. The predicted molar refractivity (Wildman–Crippen MR) is 101 cm³/mol. The maximum absolute atomic E-state index is 12.3. The Bertz CT molecular complexity index is 805. The van der Waals surface area contributed by atoms with Crippen molar-refractivity contribution in [2.75, 3.05) is 31.6 Å². The van der Waals surface area contributed by atoms with E-state index < -0.39 is 0 Å². The molecule has 2 aromatic rings. The summed E-state index contributed by atoms with van der Waals surface area (Å²) in [5.74, 6) is 2.94. The molecule has 0 bridgehead atoms. The third-order valence-corrected chi connectivity index (χ3v) is 5.72. The van der Waals surface area contributed by atoms with E-state index in [-0.39, 0.29) is 11.9 Å². The van der Waals surface area contributed by atoms with Crippen LogP contribution in [-0.2, 0) is 4.79 Å². The molecular formula is C21H25N3O2. The number of carbonyl (C=O) groups is 1. The van der Waals surface area contributed by atoms with Gasteiger partial charge in [-0.25, -0.2) is 4.98 Å².